The molecule has 0 saturated carbocycles. The molecule has 15 rings (SSSR count). The number of hydrogen-bond acceptors (Lipinski definition) is 9. The van der Waals surface area contributed by atoms with E-state index < -0.39 is 23.5 Å². The number of halogens is 6. The molecule has 4 heterocycles. The lowest BCUT2D eigenvalue weighted by Crippen LogP contribution is -2.06. The average Bonchev–Trinajstić information content (AvgIpc) is 1.60. The first-order valence-corrected chi connectivity index (χ1v) is 29.6. The molecule has 16 heteroatoms. The van der Waals surface area contributed by atoms with Crippen molar-refractivity contribution in [3.63, 3.8) is 0 Å². The molecular weight excluding hydrogens is 1180 g/mol. The van der Waals surface area contributed by atoms with Gasteiger partial charge in [-0.05, 0) is 83.9 Å². The molecule has 10 nitrogen and oxygen atoms in total. The first-order valence-electron chi connectivity index (χ1n) is 29.6. The molecule has 0 amide bonds. The molecule has 4 aromatic heterocycles. The third kappa shape index (κ3) is 11.4. The maximum Gasteiger partial charge on any atom is 0.416 e. The Morgan fingerprint density at radius 1 is 0.215 bits per heavy atom. The minimum absolute atomic E-state index is 0.191. The fourth-order valence-corrected chi connectivity index (χ4v) is 11.5. The van der Waals surface area contributed by atoms with Crippen molar-refractivity contribution in [2.45, 2.75) is 12.4 Å². The molecular formula is C77H46F6N10. The Balaban J connectivity index is 1.05. The number of nitrogens with zero attached hydrogens (tertiary/aromatic N) is 10. The van der Waals surface area contributed by atoms with Gasteiger partial charge in [-0.3, -0.25) is 0 Å². The summed E-state index contributed by atoms with van der Waals surface area (Å²) in [7, 11) is 0. The summed E-state index contributed by atoms with van der Waals surface area (Å²) >= 11 is 0. The number of alkyl halides is 6. The molecule has 0 N–H and O–H groups in total. The molecule has 0 bridgehead atoms. The van der Waals surface area contributed by atoms with E-state index in [9.17, 15) is 26.3 Å². The summed E-state index contributed by atoms with van der Waals surface area (Å²) in [4.78, 5) is 45.4. The van der Waals surface area contributed by atoms with Crippen LogP contribution in [-0.4, -0.2) is 49.4 Å². The first-order chi connectivity index (χ1) is 45.3. The zero-order valence-corrected chi connectivity index (χ0v) is 48.8. The Kier molecular flexibility index (Phi) is 14.6. The van der Waals surface area contributed by atoms with Gasteiger partial charge in [0, 0.05) is 72.0 Å². The zero-order chi connectivity index (χ0) is 63.2. The maximum absolute atomic E-state index is 14.6. The number of hydrogen-bond donors (Lipinski definition) is 0. The van der Waals surface area contributed by atoms with Gasteiger partial charge in [0.05, 0.1) is 27.8 Å². The summed E-state index contributed by atoms with van der Waals surface area (Å²) in [6.45, 7) is 0. The molecule has 0 radical (unpaired) electrons. The third-order valence-corrected chi connectivity index (χ3v) is 16.0. The average molecular weight is 1230 g/mol. The van der Waals surface area contributed by atoms with Gasteiger partial charge in [0.25, 0.3) is 0 Å². The van der Waals surface area contributed by atoms with E-state index in [-0.39, 0.29) is 5.82 Å². The normalized spacial score (nSPS) is 11.8. The first kappa shape index (κ1) is 57.3. The second kappa shape index (κ2) is 23.7. The van der Waals surface area contributed by atoms with E-state index in [2.05, 4.69) is 0 Å². The van der Waals surface area contributed by atoms with Gasteiger partial charge in [-0.25, -0.2) is 44.9 Å². The van der Waals surface area contributed by atoms with Crippen LogP contribution in [0.3, 0.4) is 0 Å². The fraction of sp³-hybridized carbons (Fsp3) is 0.0260. The van der Waals surface area contributed by atoms with Crippen LogP contribution in [0.4, 0.5) is 26.3 Å². The molecule has 15 aromatic rings. The summed E-state index contributed by atoms with van der Waals surface area (Å²) in [5, 5.41) is 1.34. The van der Waals surface area contributed by atoms with Crippen LogP contribution in [0.25, 0.3) is 152 Å². The van der Waals surface area contributed by atoms with E-state index in [0.717, 1.165) is 46.5 Å². The molecule has 11 aromatic carbocycles. The topological polar surface area (TPSA) is 121 Å². The van der Waals surface area contributed by atoms with Crippen molar-refractivity contribution < 1.29 is 26.3 Å². The summed E-state index contributed by atoms with van der Waals surface area (Å²) in [5.74, 6) is 3.34. The standard InChI is InChI=1S/C77H46F6N10/c78-76(79,80)58-37-31-47(32-38-58)60-45-57(75-91-71(53-27-15-5-16-28-53)86-72(92-75)54-29-17-6-18-30-54)46-61(48-33-39-59(40-34-48)77(81,82)83)66(60)93-64-41-35-55(73-87-67(49-19-7-1-8-20-49)84-68(88-73)50-21-9-2-10-22-50)43-62(64)63-44-56(36-42-65(63)93)74-89-69(51-23-11-3-12-24-51)85-70(90-74)52-25-13-4-14-26-52/h1-46H. The van der Waals surface area contributed by atoms with Gasteiger partial charge in [-0.2, -0.15) is 26.3 Å². The van der Waals surface area contributed by atoms with Crippen molar-refractivity contribution >= 4 is 21.8 Å². The van der Waals surface area contributed by atoms with Crippen molar-refractivity contribution in [1.29, 1.82) is 0 Å². The van der Waals surface area contributed by atoms with Crippen molar-refractivity contribution in [2.24, 2.45) is 0 Å². The van der Waals surface area contributed by atoms with Crippen LogP contribution in [-0.2, 0) is 12.4 Å². The third-order valence-electron chi connectivity index (χ3n) is 16.0. The highest BCUT2D eigenvalue weighted by Gasteiger charge is 2.33. The minimum Gasteiger partial charge on any atom is -0.308 e. The monoisotopic (exact) mass is 1220 g/mol. The van der Waals surface area contributed by atoms with Crippen molar-refractivity contribution in [1.82, 2.24) is 49.4 Å². The summed E-state index contributed by atoms with van der Waals surface area (Å²) < 4.78 is 89.8. The number of benzene rings is 11. The van der Waals surface area contributed by atoms with Gasteiger partial charge in [-0.1, -0.05) is 206 Å². The van der Waals surface area contributed by atoms with E-state index in [1.807, 2.05) is 235 Å². The molecule has 0 spiro atoms. The molecule has 446 valence electrons. The Bertz CT molecular complexity index is 4820. The van der Waals surface area contributed by atoms with Crippen molar-refractivity contribution in [3.8, 4) is 130 Å². The maximum atomic E-state index is 14.6. The Hall–Kier alpha value is -12.2. The predicted molar refractivity (Wildman–Crippen MR) is 351 cm³/mol. The van der Waals surface area contributed by atoms with Gasteiger partial charge in [0.1, 0.15) is 0 Å². The molecule has 0 aliphatic carbocycles. The van der Waals surface area contributed by atoms with Crippen LogP contribution < -0.4 is 0 Å². The summed E-state index contributed by atoms with van der Waals surface area (Å²) in [6.07, 6.45) is -9.37. The van der Waals surface area contributed by atoms with Gasteiger partial charge in [0.2, 0.25) is 0 Å². The second-order valence-corrected chi connectivity index (χ2v) is 22.0. The van der Waals surface area contributed by atoms with Crippen LogP contribution in [0.2, 0.25) is 0 Å². The second-order valence-electron chi connectivity index (χ2n) is 22.0. The van der Waals surface area contributed by atoms with E-state index in [1.54, 1.807) is 0 Å². The Labute approximate surface area is 528 Å². The molecule has 0 saturated heterocycles. The van der Waals surface area contributed by atoms with Gasteiger partial charge in [-0.15, -0.1) is 0 Å². The molecule has 0 aliphatic rings. The lowest BCUT2D eigenvalue weighted by atomic mass is 9.91. The van der Waals surface area contributed by atoms with Gasteiger partial charge >= 0.3 is 12.4 Å². The minimum atomic E-state index is -4.69. The molecule has 0 unspecified atom stereocenters. The highest BCUT2D eigenvalue weighted by atomic mass is 19.4. The predicted octanol–water partition coefficient (Wildman–Crippen LogP) is 19.7. The Morgan fingerprint density at radius 2 is 0.441 bits per heavy atom. The number of rotatable bonds is 12. The summed E-state index contributed by atoms with van der Waals surface area (Å²) in [5.41, 5.74) is 7.36. The highest BCUT2D eigenvalue weighted by molar-refractivity contribution is 6.13. The van der Waals surface area contributed by atoms with E-state index in [1.165, 1.54) is 24.3 Å². The Morgan fingerprint density at radius 3 is 0.688 bits per heavy atom. The van der Waals surface area contributed by atoms with Crippen LogP contribution in [0.15, 0.2) is 279 Å². The SMILES string of the molecule is FC(F)(F)c1ccc(-c2cc(-c3nc(-c4ccccc4)nc(-c4ccccc4)n3)cc(-c3ccc(C(F)(F)F)cc3)c2-n2c3ccc(-c4nc(-c5ccccc5)nc(-c5ccccc5)n4)cc3c3cc(-c4nc(-c5ccccc5)nc(-c5ccccc5)n4)ccc32)cc1. The van der Waals surface area contributed by atoms with Crippen molar-refractivity contribution in [2.75, 3.05) is 0 Å². The molecule has 0 atom stereocenters. The smallest absolute Gasteiger partial charge is 0.308 e. The van der Waals surface area contributed by atoms with E-state index in [4.69, 9.17) is 44.9 Å². The molecule has 0 fully saturated rings. The van der Waals surface area contributed by atoms with Gasteiger partial charge in [0.15, 0.2) is 52.4 Å². The van der Waals surface area contributed by atoms with Crippen LogP contribution >= 0.6 is 0 Å². The van der Waals surface area contributed by atoms with E-state index >= 15 is 0 Å². The lowest BCUT2D eigenvalue weighted by Gasteiger charge is -2.22. The molecule has 0 aliphatic heterocycles. The van der Waals surface area contributed by atoms with Gasteiger partial charge < -0.3 is 4.57 Å². The quantitative estimate of drug-likeness (QED) is 0.110. The lowest BCUT2D eigenvalue weighted by molar-refractivity contribution is -0.138. The number of aromatic nitrogens is 10. The fourth-order valence-electron chi connectivity index (χ4n) is 11.5. The van der Waals surface area contributed by atoms with Crippen LogP contribution in [0.1, 0.15) is 11.1 Å². The zero-order valence-electron chi connectivity index (χ0n) is 48.8. The highest BCUT2D eigenvalue weighted by Crippen LogP contribution is 2.47. The van der Waals surface area contributed by atoms with Crippen LogP contribution in [0.5, 0.6) is 0 Å². The largest absolute Gasteiger partial charge is 0.416 e. The molecule has 93 heavy (non-hydrogen) atoms. The van der Waals surface area contributed by atoms with Crippen LogP contribution in [0, 0.1) is 0 Å². The van der Waals surface area contributed by atoms with Crippen molar-refractivity contribution in [3.05, 3.63) is 290 Å². The number of fused-ring (bicyclic) bond motifs is 3. The van der Waals surface area contributed by atoms with E-state index in [0.29, 0.717) is 124 Å². The summed E-state index contributed by atoms with van der Waals surface area (Å²) in [6, 6.07) is 82.0.